The quantitative estimate of drug-likeness (QED) is 0.632. The molecule has 0 aromatic heterocycles. The second-order valence-electron chi connectivity index (χ2n) is 7.93. The molecular formula is C19H32O3. The van der Waals surface area contributed by atoms with Crippen LogP contribution in [0.3, 0.4) is 0 Å². The summed E-state index contributed by atoms with van der Waals surface area (Å²) in [7, 11) is 0. The molecule has 2 aliphatic carbocycles. The SMILES string of the molecule is C=C1C[C@@]2(O)[C@H](C(C)C)CC[C@@H](C)[C@]2(C)C1CC(=O)OCC. The Hall–Kier alpha value is -0.830. The van der Waals surface area contributed by atoms with Crippen molar-refractivity contribution in [2.45, 2.75) is 65.9 Å². The Morgan fingerprint density at radius 2 is 2.09 bits per heavy atom. The van der Waals surface area contributed by atoms with Crippen LogP contribution in [0, 0.1) is 29.1 Å². The second kappa shape index (κ2) is 5.99. The lowest BCUT2D eigenvalue weighted by Crippen LogP contribution is -2.58. The molecule has 5 atom stereocenters. The van der Waals surface area contributed by atoms with Crippen LogP contribution in [0.4, 0.5) is 0 Å². The first-order valence-corrected chi connectivity index (χ1v) is 8.74. The lowest BCUT2D eigenvalue weighted by Gasteiger charge is -2.55. The average molecular weight is 308 g/mol. The summed E-state index contributed by atoms with van der Waals surface area (Å²) in [6.07, 6.45) is 3.14. The Kier molecular flexibility index (Phi) is 4.77. The zero-order valence-electron chi connectivity index (χ0n) is 14.8. The fourth-order valence-electron chi connectivity index (χ4n) is 5.28. The summed E-state index contributed by atoms with van der Waals surface area (Å²) < 4.78 is 5.16. The molecular weight excluding hydrogens is 276 g/mol. The minimum absolute atomic E-state index is 0.0214. The van der Waals surface area contributed by atoms with E-state index in [1.165, 1.54) is 0 Å². The van der Waals surface area contributed by atoms with E-state index in [0.717, 1.165) is 18.4 Å². The number of rotatable bonds is 4. The zero-order valence-corrected chi connectivity index (χ0v) is 14.8. The third-order valence-corrected chi connectivity index (χ3v) is 6.67. The Morgan fingerprint density at radius 1 is 1.45 bits per heavy atom. The number of hydrogen-bond acceptors (Lipinski definition) is 3. The van der Waals surface area contributed by atoms with Gasteiger partial charge in [0.2, 0.25) is 0 Å². The van der Waals surface area contributed by atoms with Crippen LogP contribution in [0.1, 0.15) is 60.3 Å². The number of carbonyl (C=O) groups excluding carboxylic acids is 1. The first-order chi connectivity index (χ1) is 10.2. The first kappa shape index (κ1) is 17.5. The number of fused-ring (bicyclic) bond motifs is 1. The molecule has 0 bridgehead atoms. The molecule has 1 N–H and O–H groups in total. The minimum atomic E-state index is -0.743. The van der Waals surface area contributed by atoms with Gasteiger partial charge in [-0.25, -0.2) is 0 Å². The molecule has 0 spiro atoms. The van der Waals surface area contributed by atoms with Gasteiger partial charge >= 0.3 is 5.97 Å². The van der Waals surface area contributed by atoms with E-state index in [-0.39, 0.29) is 23.2 Å². The third kappa shape index (κ3) is 2.42. The summed E-state index contributed by atoms with van der Waals surface area (Å²) in [5, 5.41) is 11.6. The molecule has 0 aromatic carbocycles. The van der Waals surface area contributed by atoms with Gasteiger partial charge in [0.05, 0.1) is 18.6 Å². The van der Waals surface area contributed by atoms with Crippen molar-refractivity contribution in [1.29, 1.82) is 0 Å². The summed E-state index contributed by atoms with van der Waals surface area (Å²) in [6.45, 7) is 15.2. The zero-order chi connectivity index (χ0) is 16.7. The normalized spacial score (nSPS) is 41.6. The first-order valence-electron chi connectivity index (χ1n) is 8.74. The fourth-order valence-corrected chi connectivity index (χ4v) is 5.28. The van der Waals surface area contributed by atoms with Gasteiger partial charge in [-0.3, -0.25) is 4.79 Å². The van der Waals surface area contributed by atoms with Crippen molar-refractivity contribution in [3.8, 4) is 0 Å². The van der Waals surface area contributed by atoms with Crippen LogP contribution in [-0.4, -0.2) is 23.3 Å². The number of esters is 1. The third-order valence-electron chi connectivity index (χ3n) is 6.67. The number of aliphatic hydroxyl groups is 1. The van der Waals surface area contributed by atoms with E-state index in [9.17, 15) is 9.90 Å². The van der Waals surface area contributed by atoms with Crippen molar-refractivity contribution in [2.24, 2.45) is 29.1 Å². The van der Waals surface area contributed by atoms with E-state index in [1.807, 2.05) is 6.92 Å². The van der Waals surface area contributed by atoms with Crippen LogP contribution >= 0.6 is 0 Å². The molecule has 0 heterocycles. The average Bonchev–Trinajstić information content (AvgIpc) is 2.61. The molecule has 1 unspecified atom stereocenters. The molecule has 2 rings (SSSR count). The number of hydrogen-bond donors (Lipinski definition) is 1. The highest BCUT2D eigenvalue weighted by Gasteiger charge is 2.65. The smallest absolute Gasteiger partial charge is 0.306 e. The summed E-state index contributed by atoms with van der Waals surface area (Å²) in [5.41, 5.74) is -0.00523. The van der Waals surface area contributed by atoms with Gasteiger partial charge in [0, 0.05) is 5.41 Å². The monoisotopic (exact) mass is 308 g/mol. The predicted octanol–water partition coefficient (Wildman–Crippen LogP) is 3.96. The van der Waals surface area contributed by atoms with Crippen LogP contribution < -0.4 is 0 Å². The van der Waals surface area contributed by atoms with Gasteiger partial charge in [-0.15, -0.1) is 0 Å². The van der Waals surface area contributed by atoms with Crippen LogP contribution in [-0.2, 0) is 9.53 Å². The van der Waals surface area contributed by atoms with Crippen molar-refractivity contribution in [3.05, 3.63) is 12.2 Å². The molecule has 2 saturated carbocycles. The largest absolute Gasteiger partial charge is 0.466 e. The Labute approximate surface area is 135 Å². The van der Waals surface area contributed by atoms with Gasteiger partial charge < -0.3 is 9.84 Å². The Morgan fingerprint density at radius 3 is 2.64 bits per heavy atom. The highest BCUT2D eigenvalue weighted by Crippen LogP contribution is 2.65. The lowest BCUT2D eigenvalue weighted by atomic mass is 9.52. The van der Waals surface area contributed by atoms with Crippen LogP contribution in [0.2, 0.25) is 0 Å². The van der Waals surface area contributed by atoms with E-state index >= 15 is 0 Å². The molecule has 3 nitrogen and oxygen atoms in total. The molecule has 0 aliphatic heterocycles. The van der Waals surface area contributed by atoms with Gasteiger partial charge in [-0.1, -0.05) is 39.8 Å². The van der Waals surface area contributed by atoms with E-state index in [1.54, 1.807) is 0 Å². The fraction of sp³-hybridized carbons (Fsp3) is 0.842. The summed E-state index contributed by atoms with van der Waals surface area (Å²) in [6, 6.07) is 0. The van der Waals surface area contributed by atoms with Crippen molar-refractivity contribution >= 4 is 5.97 Å². The van der Waals surface area contributed by atoms with E-state index < -0.39 is 5.60 Å². The molecule has 22 heavy (non-hydrogen) atoms. The number of carbonyl (C=O) groups is 1. The molecule has 2 fully saturated rings. The topological polar surface area (TPSA) is 46.5 Å². The maximum atomic E-state index is 12.0. The van der Waals surface area contributed by atoms with Gasteiger partial charge in [0.15, 0.2) is 0 Å². The van der Waals surface area contributed by atoms with Crippen molar-refractivity contribution < 1.29 is 14.6 Å². The highest BCUT2D eigenvalue weighted by molar-refractivity contribution is 5.70. The molecule has 126 valence electrons. The van der Waals surface area contributed by atoms with Crippen LogP contribution in [0.5, 0.6) is 0 Å². The van der Waals surface area contributed by atoms with E-state index in [2.05, 4.69) is 34.3 Å². The number of ether oxygens (including phenoxy) is 1. The molecule has 2 aliphatic rings. The maximum absolute atomic E-state index is 12.0. The van der Waals surface area contributed by atoms with Gasteiger partial charge in [-0.2, -0.15) is 0 Å². The van der Waals surface area contributed by atoms with Crippen molar-refractivity contribution in [1.82, 2.24) is 0 Å². The maximum Gasteiger partial charge on any atom is 0.306 e. The molecule has 0 aromatic rings. The van der Waals surface area contributed by atoms with Crippen molar-refractivity contribution in [3.63, 3.8) is 0 Å². The molecule has 0 amide bonds. The summed E-state index contributed by atoms with van der Waals surface area (Å²) in [5.74, 6) is 0.945. The second-order valence-corrected chi connectivity index (χ2v) is 7.93. The molecule has 3 heteroatoms. The lowest BCUT2D eigenvalue weighted by molar-refractivity contribution is -0.178. The summed E-state index contributed by atoms with van der Waals surface area (Å²) >= 11 is 0. The summed E-state index contributed by atoms with van der Waals surface area (Å²) in [4.78, 5) is 12.0. The van der Waals surface area contributed by atoms with Gasteiger partial charge in [0.1, 0.15) is 0 Å². The molecule has 0 radical (unpaired) electrons. The van der Waals surface area contributed by atoms with Crippen LogP contribution in [0.25, 0.3) is 0 Å². The highest BCUT2D eigenvalue weighted by atomic mass is 16.5. The van der Waals surface area contributed by atoms with Crippen LogP contribution in [0.15, 0.2) is 12.2 Å². The standard InChI is InChI=1S/C19H32O3/c1-7-22-17(20)10-16-13(4)11-19(21)15(12(2)3)9-8-14(5)18(16,19)6/h12,14-16,21H,4,7-11H2,1-3,5-6H3/t14-,15+,16?,18-,19-/m1/s1. The van der Waals surface area contributed by atoms with Gasteiger partial charge in [0.25, 0.3) is 0 Å². The van der Waals surface area contributed by atoms with Crippen molar-refractivity contribution in [2.75, 3.05) is 6.61 Å². The Bertz CT molecular complexity index is 456. The Balaban J connectivity index is 2.38. The predicted molar refractivity (Wildman–Crippen MR) is 88.3 cm³/mol. The molecule has 0 saturated heterocycles. The van der Waals surface area contributed by atoms with E-state index in [0.29, 0.717) is 31.3 Å². The van der Waals surface area contributed by atoms with E-state index in [4.69, 9.17) is 4.74 Å². The minimum Gasteiger partial charge on any atom is -0.466 e. The van der Waals surface area contributed by atoms with Gasteiger partial charge in [-0.05, 0) is 49.9 Å².